The summed E-state index contributed by atoms with van der Waals surface area (Å²) in [5.74, 6) is 1.25. The van der Waals surface area contributed by atoms with E-state index in [-0.39, 0.29) is 5.91 Å². The minimum Gasteiger partial charge on any atom is -0.493 e. The topological polar surface area (TPSA) is 64.6 Å². The van der Waals surface area contributed by atoms with Crippen LogP contribution in [0.3, 0.4) is 0 Å². The van der Waals surface area contributed by atoms with E-state index in [4.69, 9.17) is 13.6 Å². The van der Waals surface area contributed by atoms with Crippen molar-refractivity contribution in [2.45, 2.75) is 34.2 Å². The van der Waals surface area contributed by atoms with Crippen LogP contribution in [0.4, 0.5) is 0 Å². The zero-order chi connectivity index (χ0) is 22.7. The lowest BCUT2D eigenvalue weighted by atomic mass is 9.96. The number of rotatable bonds is 7. The highest BCUT2D eigenvalue weighted by Crippen LogP contribution is 2.40. The van der Waals surface area contributed by atoms with E-state index in [9.17, 15) is 4.79 Å². The van der Waals surface area contributed by atoms with Gasteiger partial charge in [0.15, 0.2) is 0 Å². The molecule has 4 aromatic rings. The number of carbonyl (C=O) groups is 1. The van der Waals surface area contributed by atoms with Crippen molar-refractivity contribution in [3.05, 3.63) is 83.5 Å². The maximum Gasteiger partial charge on any atom is 0.244 e. The summed E-state index contributed by atoms with van der Waals surface area (Å²) in [6.45, 7) is 8.78. The second-order valence-corrected chi connectivity index (χ2v) is 7.83. The fraction of sp³-hybridized carbons (Fsp3) is 0.222. The molecule has 0 bridgehead atoms. The van der Waals surface area contributed by atoms with E-state index in [1.807, 2.05) is 26.8 Å². The summed E-state index contributed by atoms with van der Waals surface area (Å²) in [7, 11) is 0. The van der Waals surface area contributed by atoms with Gasteiger partial charge in [-0.25, -0.2) is 0 Å². The predicted octanol–water partition coefficient (Wildman–Crippen LogP) is 6.43. The monoisotopic (exact) mass is 429 g/mol. The zero-order valence-corrected chi connectivity index (χ0v) is 18.8. The van der Waals surface area contributed by atoms with Crippen LogP contribution in [0.2, 0.25) is 0 Å². The molecule has 1 N–H and O–H groups in total. The lowest BCUT2D eigenvalue weighted by molar-refractivity contribution is -0.116. The highest BCUT2D eigenvalue weighted by molar-refractivity contribution is 6.01. The van der Waals surface area contributed by atoms with Crippen LogP contribution in [0.5, 0.6) is 5.75 Å². The van der Waals surface area contributed by atoms with Crippen molar-refractivity contribution in [3.63, 3.8) is 0 Å². The summed E-state index contributed by atoms with van der Waals surface area (Å²) >= 11 is 0. The Labute approximate surface area is 187 Å². The Kier molecular flexibility index (Phi) is 6.17. The second-order valence-electron chi connectivity index (χ2n) is 7.83. The van der Waals surface area contributed by atoms with Crippen molar-refractivity contribution in [3.8, 4) is 16.9 Å². The maximum atomic E-state index is 12.5. The molecule has 2 aromatic heterocycles. The Bertz CT molecular complexity index is 1260. The molecule has 0 unspecified atom stereocenters. The van der Waals surface area contributed by atoms with Gasteiger partial charge in [-0.15, -0.1) is 0 Å². The third-order valence-corrected chi connectivity index (χ3v) is 5.48. The number of furan rings is 2. The molecule has 0 aliphatic carbocycles. The zero-order valence-electron chi connectivity index (χ0n) is 18.8. The van der Waals surface area contributed by atoms with Gasteiger partial charge >= 0.3 is 0 Å². The van der Waals surface area contributed by atoms with Gasteiger partial charge in [0.1, 0.15) is 17.1 Å². The van der Waals surface area contributed by atoms with Gasteiger partial charge < -0.3 is 18.9 Å². The van der Waals surface area contributed by atoms with Gasteiger partial charge in [0.05, 0.1) is 25.7 Å². The highest BCUT2D eigenvalue weighted by Gasteiger charge is 2.19. The van der Waals surface area contributed by atoms with E-state index in [1.165, 1.54) is 5.56 Å². The Morgan fingerprint density at radius 3 is 2.59 bits per heavy atom. The number of benzene rings is 2. The van der Waals surface area contributed by atoms with Crippen LogP contribution in [0.15, 0.2) is 69.9 Å². The van der Waals surface area contributed by atoms with E-state index in [0.29, 0.717) is 18.9 Å². The summed E-state index contributed by atoms with van der Waals surface area (Å²) in [6.07, 6.45) is 4.97. The third-order valence-electron chi connectivity index (χ3n) is 5.48. The molecule has 0 fully saturated rings. The standard InChI is InChI=1S/C27H27NO4/c1-5-30-26-19(4)27-23(24(16-32-27)20-10-8-17(2)9-11-20)14-22(26)18(3)13-25(29)28-15-21-7-6-12-31-21/h6-14,16H,5,15H2,1-4H3,(H,28,29)/b18-13+. The summed E-state index contributed by atoms with van der Waals surface area (Å²) in [5, 5.41) is 3.85. The largest absolute Gasteiger partial charge is 0.493 e. The van der Waals surface area contributed by atoms with Gasteiger partial charge in [0, 0.05) is 28.2 Å². The summed E-state index contributed by atoms with van der Waals surface area (Å²) in [6, 6.07) is 14.0. The number of hydrogen-bond acceptors (Lipinski definition) is 4. The smallest absolute Gasteiger partial charge is 0.244 e. The number of allylic oxidation sites excluding steroid dienone is 1. The number of ether oxygens (including phenoxy) is 1. The van der Waals surface area contributed by atoms with Gasteiger partial charge in [-0.05, 0) is 57.0 Å². The number of carbonyl (C=O) groups excluding carboxylic acids is 1. The molecule has 0 spiro atoms. The SMILES string of the molecule is CCOc1c(/C(C)=C/C(=O)NCc2ccco2)cc2c(-c3ccc(C)cc3)coc2c1C. The van der Waals surface area contributed by atoms with Crippen LogP contribution in [-0.2, 0) is 11.3 Å². The van der Waals surface area contributed by atoms with Crippen molar-refractivity contribution in [2.24, 2.45) is 0 Å². The normalized spacial score (nSPS) is 11.7. The minimum absolute atomic E-state index is 0.190. The molecule has 0 atom stereocenters. The van der Waals surface area contributed by atoms with E-state index in [0.717, 1.165) is 44.5 Å². The quantitative estimate of drug-likeness (QED) is 0.344. The van der Waals surface area contributed by atoms with Crippen LogP contribution in [0.25, 0.3) is 27.7 Å². The Morgan fingerprint density at radius 2 is 1.91 bits per heavy atom. The maximum absolute atomic E-state index is 12.5. The summed E-state index contributed by atoms with van der Waals surface area (Å²) < 4.78 is 17.2. The van der Waals surface area contributed by atoms with E-state index in [1.54, 1.807) is 24.7 Å². The molecule has 5 heteroatoms. The van der Waals surface area contributed by atoms with Crippen LogP contribution in [-0.4, -0.2) is 12.5 Å². The van der Waals surface area contributed by atoms with Crippen molar-refractivity contribution in [2.75, 3.05) is 6.61 Å². The minimum atomic E-state index is -0.190. The summed E-state index contributed by atoms with van der Waals surface area (Å²) in [5.41, 5.74) is 6.70. The lowest BCUT2D eigenvalue weighted by Crippen LogP contribution is -2.20. The first-order valence-electron chi connectivity index (χ1n) is 10.7. The number of amides is 1. The number of nitrogens with one attached hydrogen (secondary N) is 1. The molecule has 0 saturated carbocycles. The fourth-order valence-corrected chi connectivity index (χ4v) is 3.81. The molecule has 2 heterocycles. The second kappa shape index (κ2) is 9.18. The molecule has 164 valence electrons. The van der Waals surface area contributed by atoms with Crippen molar-refractivity contribution in [1.29, 1.82) is 0 Å². The first-order valence-corrected chi connectivity index (χ1v) is 10.7. The van der Waals surface area contributed by atoms with Gasteiger partial charge in [0.25, 0.3) is 0 Å². The first kappa shape index (κ1) is 21.5. The van der Waals surface area contributed by atoms with E-state index < -0.39 is 0 Å². The first-order chi connectivity index (χ1) is 15.5. The van der Waals surface area contributed by atoms with E-state index >= 15 is 0 Å². The van der Waals surface area contributed by atoms with Crippen LogP contribution < -0.4 is 10.1 Å². The molecule has 1 amide bonds. The Morgan fingerprint density at radius 1 is 1.12 bits per heavy atom. The molecular weight excluding hydrogens is 402 g/mol. The van der Waals surface area contributed by atoms with Gasteiger partial charge in [0.2, 0.25) is 5.91 Å². The molecule has 32 heavy (non-hydrogen) atoms. The number of fused-ring (bicyclic) bond motifs is 1. The van der Waals surface area contributed by atoms with Crippen LogP contribution in [0, 0.1) is 13.8 Å². The molecule has 0 aliphatic heterocycles. The predicted molar refractivity (Wildman–Crippen MR) is 126 cm³/mol. The fourth-order valence-electron chi connectivity index (χ4n) is 3.81. The van der Waals surface area contributed by atoms with Crippen molar-refractivity contribution < 1.29 is 18.4 Å². The van der Waals surface area contributed by atoms with Crippen molar-refractivity contribution >= 4 is 22.4 Å². The molecule has 0 aliphatic rings. The third kappa shape index (κ3) is 4.33. The Balaban J connectivity index is 1.74. The van der Waals surface area contributed by atoms with Crippen LogP contribution >= 0.6 is 0 Å². The molecule has 0 saturated heterocycles. The number of aryl methyl sites for hydroxylation is 2. The molecular formula is C27H27NO4. The average molecular weight is 430 g/mol. The molecule has 5 nitrogen and oxygen atoms in total. The lowest BCUT2D eigenvalue weighted by Gasteiger charge is -2.15. The molecule has 0 radical (unpaired) electrons. The van der Waals surface area contributed by atoms with Crippen LogP contribution in [0.1, 0.15) is 36.3 Å². The van der Waals surface area contributed by atoms with Gasteiger partial charge in [-0.2, -0.15) is 0 Å². The summed E-state index contributed by atoms with van der Waals surface area (Å²) in [4.78, 5) is 12.5. The molecule has 2 aromatic carbocycles. The van der Waals surface area contributed by atoms with Crippen molar-refractivity contribution in [1.82, 2.24) is 5.32 Å². The van der Waals surface area contributed by atoms with Gasteiger partial charge in [-0.1, -0.05) is 29.8 Å². The van der Waals surface area contributed by atoms with E-state index in [2.05, 4.69) is 42.6 Å². The highest BCUT2D eigenvalue weighted by atomic mass is 16.5. The Hall–Kier alpha value is -3.73. The van der Waals surface area contributed by atoms with Gasteiger partial charge in [-0.3, -0.25) is 4.79 Å². The molecule has 4 rings (SSSR count). The average Bonchev–Trinajstić information content (AvgIpc) is 3.45. The number of hydrogen-bond donors (Lipinski definition) is 1.